The molecule has 0 unspecified atom stereocenters. The van der Waals surface area contributed by atoms with Crippen LogP contribution in [0.4, 0.5) is 11.4 Å². The molecule has 1 saturated heterocycles. The lowest BCUT2D eigenvalue weighted by Gasteiger charge is -2.38. The number of hydrogen-bond acceptors (Lipinski definition) is 3. The van der Waals surface area contributed by atoms with Crippen molar-refractivity contribution in [2.24, 2.45) is 0 Å². The van der Waals surface area contributed by atoms with Crippen molar-refractivity contribution in [2.45, 2.75) is 20.8 Å². The fourth-order valence-electron chi connectivity index (χ4n) is 3.60. The quantitative estimate of drug-likeness (QED) is 0.821. The van der Waals surface area contributed by atoms with Crippen LogP contribution in [0.15, 0.2) is 36.4 Å². The average Bonchev–Trinajstić information content (AvgIpc) is 2.64. The lowest BCUT2D eigenvalue weighted by atomic mass is 10.1. The molecule has 5 heteroatoms. The van der Waals surface area contributed by atoms with Gasteiger partial charge < -0.3 is 19.9 Å². The van der Waals surface area contributed by atoms with Crippen LogP contribution in [0.5, 0.6) is 5.75 Å². The molecule has 0 bridgehead atoms. The second kappa shape index (κ2) is 7.96. The minimum Gasteiger partial charge on any atom is -0.495 e. The van der Waals surface area contributed by atoms with Crippen molar-refractivity contribution in [3.63, 3.8) is 0 Å². The number of piperazine rings is 1. The summed E-state index contributed by atoms with van der Waals surface area (Å²) in [4.78, 5) is 4.61. The summed E-state index contributed by atoms with van der Waals surface area (Å²) in [5, 5.41) is 4.27. The Labute approximate surface area is 161 Å². The topological polar surface area (TPSA) is 27.7 Å². The molecule has 0 spiro atoms. The third-order valence-electron chi connectivity index (χ3n) is 4.90. The fourth-order valence-corrected chi connectivity index (χ4v) is 3.89. The van der Waals surface area contributed by atoms with E-state index in [4.69, 9.17) is 17.0 Å². The molecule has 0 atom stereocenters. The summed E-state index contributed by atoms with van der Waals surface area (Å²) in [7, 11) is 1.72. The summed E-state index contributed by atoms with van der Waals surface area (Å²) in [5.74, 6) is 0.924. The zero-order chi connectivity index (χ0) is 18.7. The van der Waals surface area contributed by atoms with Gasteiger partial charge in [-0.15, -0.1) is 0 Å². The maximum atomic E-state index is 5.68. The Morgan fingerprint density at radius 1 is 1.00 bits per heavy atom. The van der Waals surface area contributed by atoms with E-state index in [0.717, 1.165) is 48.4 Å². The third kappa shape index (κ3) is 3.93. The van der Waals surface area contributed by atoms with Crippen LogP contribution in [-0.2, 0) is 0 Å². The number of anilines is 2. The van der Waals surface area contributed by atoms with Gasteiger partial charge in [-0.2, -0.15) is 0 Å². The van der Waals surface area contributed by atoms with E-state index >= 15 is 0 Å². The number of methoxy groups -OCH3 is 1. The molecule has 1 N–H and O–H groups in total. The minimum atomic E-state index is 0.805. The highest BCUT2D eigenvalue weighted by molar-refractivity contribution is 7.80. The van der Waals surface area contributed by atoms with Crippen LogP contribution in [0.3, 0.4) is 0 Å². The number of rotatable bonds is 3. The zero-order valence-corrected chi connectivity index (χ0v) is 16.8. The predicted molar refractivity (Wildman–Crippen MR) is 114 cm³/mol. The van der Waals surface area contributed by atoms with E-state index in [1.807, 2.05) is 12.1 Å². The molecule has 0 radical (unpaired) electrons. The normalized spacial score (nSPS) is 14.3. The van der Waals surface area contributed by atoms with E-state index in [2.05, 4.69) is 60.2 Å². The van der Waals surface area contributed by atoms with Crippen molar-refractivity contribution in [2.75, 3.05) is 43.5 Å². The highest BCUT2D eigenvalue weighted by Gasteiger charge is 2.21. The molecule has 3 rings (SSSR count). The summed E-state index contributed by atoms with van der Waals surface area (Å²) in [6.07, 6.45) is 0. The molecule has 1 fully saturated rings. The summed E-state index contributed by atoms with van der Waals surface area (Å²) in [6.45, 7) is 10.0. The van der Waals surface area contributed by atoms with Crippen molar-refractivity contribution in [3.05, 3.63) is 53.1 Å². The standard InChI is InChI=1S/C21H27N3OS/c1-15-13-16(2)20(17(3)14-15)22-21(26)24-11-9-23(10-12-24)18-7-5-6-8-19(18)25-4/h5-8,13-14H,9-12H2,1-4H3,(H,22,26). The lowest BCUT2D eigenvalue weighted by Crippen LogP contribution is -2.50. The molecule has 0 amide bonds. The van der Waals surface area contributed by atoms with Gasteiger partial charge in [0.15, 0.2) is 5.11 Å². The van der Waals surface area contributed by atoms with Crippen LogP contribution in [0.25, 0.3) is 0 Å². The first-order valence-electron chi connectivity index (χ1n) is 9.01. The molecule has 4 nitrogen and oxygen atoms in total. The summed E-state index contributed by atoms with van der Waals surface area (Å²) in [6, 6.07) is 12.6. The van der Waals surface area contributed by atoms with E-state index in [-0.39, 0.29) is 0 Å². The van der Waals surface area contributed by atoms with Crippen LogP contribution in [0.2, 0.25) is 0 Å². The molecule has 2 aromatic rings. The molecule has 26 heavy (non-hydrogen) atoms. The van der Waals surface area contributed by atoms with Crippen molar-refractivity contribution in [3.8, 4) is 5.75 Å². The molecule has 138 valence electrons. The predicted octanol–water partition coefficient (Wildman–Crippen LogP) is 4.14. The van der Waals surface area contributed by atoms with Gasteiger partial charge in [-0.1, -0.05) is 29.8 Å². The first-order chi connectivity index (χ1) is 12.5. The number of nitrogens with zero attached hydrogens (tertiary/aromatic N) is 2. The highest BCUT2D eigenvalue weighted by Crippen LogP contribution is 2.28. The van der Waals surface area contributed by atoms with Gasteiger partial charge in [0, 0.05) is 31.9 Å². The van der Waals surface area contributed by atoms with Crippen LogP contribution >= 0.6 is 12.2 Å². The second-order valence-electron chi connectivity index (χ2n) is 6.85. The van der Waals surface area contributed by atoms with Crippen molar-refractivity contribution < 1.29 is 4.74 Å². The van der Waals surface area contributed by atoms with Gasteiger partial charge in [0.25, 0.3) is 0 Å². The summed E-state index contributed by atoms with van der Waals surface area (Å²) < 4.78 is 5.49. The van der Waals surface area contributed by atoms with Crippen LogP contribution in [-0.4, -0.2) is 43.3 Å². The second-order valence-corrected chi connectivity index (χ2v) is 7.24. The Morgan fingerprint density at radius 3 is 2.23 bits per heavy atom. The minimum absolute atomic E-state index is 0.805. The van der Waals surface area contributed by atoms with Crippen LogP contribution in [0, 0.1) is 20.8 Å². The maximum absolute atomic E-state index is 5.68. The van der Waals surface area contributed by atoms with Gasteiger partial charge >= 0.3 is 0 Å². The Kier molecular flexibility index (Phi) is 5.67. The number of benzene rings is 2. The van der Waals surface area contributed by atoms with Crippen molar-refractivity contribution in [1.82, 2.24) is 4.90 Å². The van der Waals surface area contributed by atoms with E-state index in [1.54, 1.807) is 7.11 Å². The molecule has 0 aliphatic carbocycles. The first kappa shape index (κ1) is 18.5. The van der Waals surface area contributed by atoms with Crippen molar-refractivity contribution >= 4 is 28.7 Å². The fraction of sp³-hybridized carbons (Fsp3) is 0.381. The van der Waals surface area contributed by atoms with Gasteiger partial charge in [0.05, 0.1) is 12.8 Å². The van der Waals surface area contributed by atoms with Gasteiger partial charge in [0.1, 0.15) is 5.75 Å². The molecule has 2 aromatic carbocycles. The van der Waals surface area contributed by atoms with Crippen LogP contribution in [0.1, 0.15) is 16.7 Å². The average molecular weight is 370 g/mol. The van der Waals surface area contributed by atoms with E-state index in [9.17, 15) is 0 Å². The Hall–Kier alpha value is -2.27. The SMILES string of the molecule is COc1ccccc1N1CCN(C(=S)Nc2c(C)cc(C)cc2C)CC1. The monoisotopic (exact) mass is 369 g/mol. The first-order valence-corrected chi connectivity index (χ1v) is 9.42. The number of hydrogen-bond donors (Lipinski definition) is 1. The number of thiocarbonyl (C=S) groups is 1. The van der Waals surface area contributed by atoms with E-state index < -0.39 is 0 Å². The van der Waals surface area contributed by atoms with Gasteiger partial charge in [-0.3, -0.25) is 0 Å². The van der Waals surface area contributed by atoms with Gasteiger partial charge in [0.2, 0.25) is 0 Å². The molecule has 0 saturated carbocycles. The number of ether oxygens (including phenoxy) is 1. The van der Waals surface area contributed by atoms with E-state index in [1.165, 1.54) is 16.7 Å². The number of nitrogens with one attached hydrogen (secondary N) is 1. The summed E-state index contributed by atoms with van der Waals surface area (Å²) >= 11 is 5.68. The number of para-hydroxylation sites is 2. The largest absolute Gasteiger partial charge is 0.495 e. The van der Waals surface area contributed by atoms with Gasteiger partial charge in [-0.05, 0) is 56.2 Å². The molecule has 1 heterocycles. The van der Waals surface area contributed by atoms with Crippen molar-refractivity contribution in [1.29, 1.82) is 0 Å². The van der Waals surface area contributed by atoms with Gasteiger partial charge in [-0.25, -0.2) is 0 Å². The molecule has 1 aliphatic heterocycles. The summed E-state index contributed by atoms with van der Waals surface area (Å²) in [5.41, 5.74) is 6.03. The molecular weight excluding hydrogens is 342 g/mol. The highest BCUT2D eigenvalue weighted by atomic mass is 32.1. The maximum Gasteiger partial charge on any atom is 0.173 e. The Bertz CT molecular complexity index is 775. The Balaban J connectivity index is 1.64. The molecule has 1 aliphatic rings. The lowest BCUT2D eigenvalue weighted by molar-refractivity contribution is 0.382. The molecular formula is C21H27N3OS. The Morgan fingerprint density at radius 2 is 1.62 bits per heavy atom. The molecule has 0 aromatic heterocycles. The third-order valence-corrected chi connectivity index (χ3v) is 5.26. The van der Waals surface area contributed by atoms with E-state index in [0.29, 0.717) is 0 Å². The van der Waals surface area contributed by atoms with Crippen LogP contribution < -0.4 is 15.0 Å². The number of aryl methyl sites for hydroxylation is 3. The zero-order valence-electron chi connectivity index (χ0n) is 16.0. The smallest absolute Gasteiger partial charge is 0.173 e.